The lowest BCUT2D eigenvalue weighted by Crippen LogP contribution is -2.23. The third-order valence-corrected chi connectivity index (χ3v) is 4.55. The molecule has 0 fully saturated rings. The SMILES string of the molecule is NS(=O)(=O)c1ccc(CNS(=O)(=O)CCl)cc1. The van der Waals surface area contributed by atoms with Crippen LogP contribution in [0, 0.1) is 0 Å². The van der Waals surface area contributed by atoms with E-state index in [1.54, 1.807) is 0 Å². The van der Waals surface area contributed by atoms with Gasteiger partial charge in [0.05, 0.1) is 4.90 Å². The summed E-state index contributed by atoms with van der Waals surface area (Å²) in [5, 5.41) is 4.39. The van der Waals surface area contributed by atoms with Gasteiger partial charge in [-0.05, 0) is 17.7 Å². The highest BCUT2D eigenvalue weighted by molar-refractivity contribution is 7.90. The van der Waals surface area contributed by atoms with Crippen molar-refractivity contribution in [3.05, 3.63) is 29.8 Å². The van der Waals surface area contributed by atoms with Crippen molar-refractivity contribution >= 4 is 31.6 Å². The number of hydrogen-bond donors (Lipinski definition) is 2. The van der Waals surface area contributed by atoms with Crippen LogP contribution in [0.5, 0.6) is 0 Å². The van der Waals surface area contributed by atoms with E-state index in [4.69, 9.17) is 16.7 Å². The van der Waals surface area contributed by atoms with Gasteiger partial charge < -0.3 is 0 Å². The maximum Gasteiger partial charge on any atom is 0.238 e. The Morgan fingerprint density at radius 3 is 2.06 bits per heavy atom. The Morgan fingerprint density at radius 2 is 1.65 bits per heavy atom. The Kier molecular flexibility index (Phi) is 4.50. The Bertz CT molecular complexity index is 580. The molecule has 96 valence electrons. The number of rotatable bonds is 5. The van der Waals surface area contributed by atoms with Crippen molar-refractivity contribution < 1.29 is 16.8 Å². The molecular weight excluding hydrogens is 288 g/mol. The first kappa shape index (κ1) is 14.4. The Balaban J connectivity index is 2.77. The quantitative estimate of drug-likeness (QED) is 0.743. The number of benzene rings is 1. The van der Waals surface area contributed by atoms with Crippen molar-refractivity contribution in [2.75, 3.05) is 5.21 Å². The molecule has 0 aromatic heterocycles. The van der Waals surface area contributed by atoms with Crippen molar-refractivity contribution in [3.8, 4) is 0 Å². The number of nitrogens with one attached hydrogen (secondary N) is 1. The molecule has 0 spiro atoms. The van der Waals surface area contributed by atoms with E-state index in [1.807, 2.05) is 0 Å². The Labute approximate surface area is 105 Å². The summed E-state index contributed by atoms with van der Waals surface area (Å²) in [5.41, 5.74) is 0.603. The maximum absolute atomic E-state index is 11.0. The zero-order chi connectivity index (χ0) is 13.1. The van der Waals surface area contributed by atoms with Crippen molar-refractivity contribution in [2.24, 2.45) is 5.14 Å². The van der Waals surface area contributed by atoms with Gasteiger partial charge in [0.1, 0.15) is 5.21 Å². The van der Waals surface area contributed by atoms with E-state index >= 15 is 0 Å². The molecule has 1 aromatic carbocycles. The van der Waals surface area contributed by atoms with Gasteiger partial charge in [-0.25, -0.2) is 26.7 Å². The molecule has 0 aliphatic carbocycles. The average molecular weight is 299 g/mol. The highest BCUT2D eigenvalue weighted by atomic mass is 35.5. The second-order valence-corrected chi connectivity index (χ2v) is 7.19. The molecule has 17 heavy (non-hydrogen) atoms. The highest BCUT2D eigenvalue weighted by Crippen LogP contribution is 2.08. The lowest BCUT2D eigenvalue weighted by molar-refractivity contribution is 0.585. The number of alkyl halides is 1. The molecule has 0 unspecified atom stereocenters. The van der Waals surface area contributed by atoms with Crippen LogP contribution in [-0.4, -0.2) is 22.0 Å². The van der Waals surface area contributed by atoms with Gasteiger partial charge in [-0.2, -0.15) is 0 Å². The first-order valence-electron chi connectivity index (χ1n) is 4.40. The summed E-state index contributed by atoms with van der Waals surface area (Å²) in [5.74, 6) is 0. The van der Waals surface area contributed by atoms with Gasteiger partial charge in [0.2, 0.25) is 20.0 Å². The average Bonchev–Trinajstić information content (AvgIpc) is 2.26. The molecule has 0 saturated carbocycles. The van der Waals surface area contributed by atoms with Crippen LogP contribution in [0.25, 0.3) is 0 Å². The van der Waals surface area contributed by atoms with E-state index in [1.165, 1.54) is 24.3 Å². The largest absolute Gasteiger partial charge is 0.238 e. The predicted octanol–water partition coefficient (Wildman–Crippen LogP) is -0.0503. The number of nitrogens with two attached hydrogens (primary N) is 1. The fourth-order valence-electron chi connectivity index (χ4n) is 1.03. The van der Waals surface area contributed by atoms with E-state index in [0.29, 0.717) is 5.56 Å². The predicted molar refractivity (Wildman–Crippen MR) is 64.3 cm³/mol. The molecular formula is C8H11ClN2O4S2. The molecule has 0 aliphatic rings. The highest BCUT2D eigenvalue weighted by Gasteiger charge is 2.09. The summed E-state index contributed by atoms with van der Waals surface area (Å²) in [7, 11) is -7.21. The van der Waals surface area contributed by atoms with Gasteiger partial charge in [-0.15, -0.1) is 11.6 Å². The van der Waals surface area contributed by atoms with Crippen LogP contribution in [0.4, 0.5) is 0 Å². The lowest BCUT2D eigenvalue weighted by atomic mass is 10.2. The fraction of sp³-hybridized carbons (Fsp3) is 0.250. The smallest absolute Gasteiger partial charge is 0.225 e. The maximum atomic E-state index is 11.0. The summed E-state index contributed by atoms with van der Waals surface area (Å²) < 4.78 is 46.2. The third-order valence-electron chi connectivity index (χ3n) is 1.89. The standard InChI is InChI=1S/C8H11ClN2O4S2/c9-6-16(12,13)11-5-7-1-3-8(4-2-7)17(10,14)15/h1-4,11H,5-6H2,(H2,10,14,15). The van der Waals surface area contributed by atoms with Crippen LogP contribution in [-0.2, 0) is 26.6 Å². The minimum absolute atomic E-state index is 0.0264. The van der Waals surface area contributed by atoms with Crippen molar-refractivity contribution in [3.63, 3.8) is 0 Å². The van der Waals surface area contributed by atoms with Crippen LogP contribution >= 0.6 is 11.6 Å². The first-order valence-corrected chi connectivity index (χ1v) is 8.13. The van der Waals surface area contributed by atoms with Gasteiger partial charge in [0.25, 0.3) is 0 Å². The van der Waals surface area contributed by atoms with Gasteiger partial charge >= 0.3 is 0 Å². The molecule has 3 N–H and O–H groups in total. The summed E-state index contributed by atoms with van der Waals surface area (Å²) in [6.07, 6.45) is 0. The number of hydrogen-bond acceptors (Lipinski definition) is 4. The molecule has 6 nitrogen and oxygen atoms in total. The minimum atomic E-state index is -3.73. The van der Waals surface area contributed by atoms with Crippen molar-refractivity contribution in [2.45, 2.75) is 11.4 Å². The zero-order valence-electron chi connectivity index (χ0n) is 8.63. The molecule has 1 aromatic rings. The summed E-state index contributed by atoms with van der Waals surface area (Å²) in [6, 6.07) is 5.55. The third kappa shape index (κ3) is 4.60. The zero-order valence-corrected chi connectivity index (χ0v) is 11.0. The van der Waals surface area contributed by atoms with E-state index < -0.39 is 25.3 Å². The normalized spacial score (nSPS) is 12.6. The molecule has 0 amide bonds. The molecule has 0 saturated heterocycles. The van der Waals surface area contributed by atoms with Gasteiger partial charge in [0.15, 0.2) is 0 Å². The van der Waals surface area contributed by atoms with E-state index in [2.05, 4.69) is 4.72 Å². The van der Waals surface area contributed by atoms with Gasteiger partial charge in [-0.1, -0.05) is 12.1 Å². The molecule has 9 heteroatoms. The van der Waals surface area contributed by atoms with Gasteiger partial charge in [-0.3, -0.25) is 0 Å². The second kappa shape index (κ2) is 5.32. The molecule has 1 rings (SSSR count). The Morgan fingerprint density at radius 1 is 1.12 bits per heavy atom. The topological polar surface area (TPSA) is 106 Å². The second-order valence-electron chi connectivity index (χ2n) is 3.23. The van der Waals surface area contributed by atoms with Crippen molar-refractivity contribution in [1.82, 2.24) is 4.72 Å². The number of primary sulfonamides is 1. The molecule has 0 bridgehead atoms. The fourth-order valence-corrected chi connectivity index (χ4v) is 2.24. The molecule has 0 heterocycles. The van der Waals surface area contributed by atoms with Crippen LogP contribution in [0.15, 0.2) is 29.2 Å². The van der Waals surface area contributed by atoms with Gasteiger partial charge in [0, 0.05) is 6.54 Å². The lowest BCUT2D eigenvalue weighted by Gasteiger charge is -2.04. The van der Waals surface area contributed by atoms with E-state index in [0.717, 1.165) is 0 Å². The summed E-state index contributed by atoms with van der Waals surface area (Å²) in [6.45, 7) is 0.0416. The summed E-state index contributed by atoms with van der Waals surface area (Å²) >= 11 is 5.20. The van der Waals surface area contributed by atoms with Crippen LogP contribution in [0.3, 0.4) is 0 Å². The molecule has 0 aliphatic heterocycles. The monoisotopic (exact) mass is 298 g/mol. The summed E-state index contributed by atoms with van der Waals surface area (Å²) in [4.78, 5) is -0.0264. The van der Waals surface area contributed by atoms with Crippen molar-refractivity contribution in [1.29, 1.82) is 0 Å². The van der Waals surface area contributed by atoms with E-state index in [-0.39, 0.29) is 11.4 Å². The Hall–Kier alpha value is -0.670. The molecule has 0 atom stereocenters. The minimum Gasteiger partial charge on any atom is -0.225 e. The van der Waals surface area contributed by atoms with E-state index in [9.17, 15) is 16.8 Å². The van der Waals surface area contributed by atoms with Crippen LogP contribution < -0.4 is 9.86 Å². The molecule has 0 radical (unpaired) electrons. The number of sulfonamides is 2. The van der Waals surface area contributed by atoms with Crippen LogP contribution in [0.1, 0.15) is 5.56 Å². The number of halogens is 1. The first-order chi connectivity index (χ1) is 7.74. The van der Waals surface area contributed by atoms with Crippen LogP contribution in [0.2, 0.25) is 0 Å².